The van der Waals surface area contributed by atoms with Crippen molar-refractivity contribution in [3.8, 4) is 0 Å². The van der Waals surface area contributed by atoms with E-state index in [0.29, 0.717) is 0 Å². The fourth-order valence-corrected chi connectivity index (χ4v) is 1.75. The lowest BCUT2D eigenvalue weighted by Gasteiger charge is -2.03. The number of hydrogen-bond donors (Lipinski definition) is 1. The molecule has 0 aliphatic rings. The largest absolute Gasteiger partial charge is 0.317 e. The van der Waals surface area contributed by atoms with Crippen LogP contribution in [0.3, 0.4) is 0 Å². The summed E-state index contributed by atoms with van der Waals surface area (Å²) in [6.07, 6.45) is 0. The Morgan fingerprint density at radius 2 is 2.12 bits per heavy atom. The SMILES string of the molecule is Cc1nc(C(=O)Nc2ccc(F)nc2F)cs1. The summed E-state index contributed by atoms with van der Waals surface area (Å²) in [4.78, 5) is 18.5. The number of rotatable bonds is 2. The second-order valence-electron chi connectivity index (χ2n) is 3.18. The van der Waals surface area contributed by atoms with Crippen LogP contribution >= 0.6 is 11.3 Å². The van der Waals surface area contributed by atoms with Gasteiger partial charge in [-0.1, -0.05) is 0 Å². The predicted molar refractivity (Wildman–Crippen MR) is 59.0 cm³/mol. The van der Waals surface area contributed by atoms with E-state index in [0.717, 1.165) is 17.1 Å². The summed E-state index contributed by atoms with van der Waals surface area (Å²) in [5.41, 5.74) is 0.0123. The Bertz CT molecular complexity index is 570. The van der Waals surface area contributed by atoms with Crippen molar-refractivity contribution < 1.29 is 13.6 Å². The molecule has 88 valence electrons. The van der Waals surface area contributed by atoms with Gasteiger partial charge in [0.05, 0.1) is 10.7 Å². The summed E-state index contributed by atoms with van der Waals surface area (Å²) in [6.45, 7) is 1.75. The summed E-state index contributed by atoms with van der Waals surface area (Å²) in [6, 6.07) is 2.07. The van der Waals surface area contributed by atoms with Crippen LogP contribution in [0, 0.1) is 18.8 Å². The van der Waals surface area contributed by atoms with E-state index in [-0.39, 0.29) is 11.4 Å². The monoisotopic (exact) mass is 255 g/mol. The summed E-state index contributed by atoms with van der Waals surface area (Å²) < 4.78 is 25.7. The normalized spacial score (nSPS) is 10.3. The second kappa shape index (κ2) is 4.54. The third kappa shape index (κ3) is 2.62. The summed E-state index contributed by atoms with van der Waals surface area (Å²) in [5.74, 6) is -2.56. The molecule has 2 rings (SSSR count). The Balaban J connectivity index is 2.18. The molecule has 1 N–H and O–H groups in total. The number of thiazole rings is 1. The van der Waals surface area contributed by atoms with E-state index in [2.05, 4.69) is 15.3 Å². The molecular formula is C10H7F2N3OS. The van der Waals surface area contributed by atoms with Crippen molar-refractivity contribution in [2.75, 3.05) is 5.32 Å². The molecule has 2 heterocycles. The van der Waals surface area contributed by atoms with Crippen molar-refractivity contribution in [1.82, 2.24) is 9.97 Å². The molecule has 0 spiro atoms. The maximum Gasteiger partial charge on any atom is 0.275 e. The Hall–Kier alpha value is -1.89. The smallest absolute Gasteiger partial charge is 0.275 e. The number of aromatic nitrogens is 2. The molecule has 2 aromatic heterocycles. The van der Waals surface area contributed by atoms with E-state index in [4.69, 9.17) is 0 Å². The van der Waals surface area contributed by atoms with Crippen LogP contribution in [0.15, 0.2) is 17.5 Å². The van der Waals surface area contributed by atoms with Gasteiger partial charge < -0.3 is 5.32 Å². The predicted octanol–water partition coefficient (Wildman–Crippen LogP) is 2.38. The number of nitrogens with zero attached hydrogens (tertiary/aromatic N) is 2. The van der Waals surface area contributed by atoms with Gasteiger partial charge in [0.25, 0.3) is 5.91 Å². The van der Waals surface area contributed by atoms with E-state index in [1.54, 1.807) is 12.3 Å². The van der Waals surface area contributed by atoms with Gasteiger partial charge >= 0.3 is 0 Å². The minimum atomic E-state index is -1.06. The van der Waals surface area contributed by atoms with Gasteiger partial charge in [-0.25, -0.2) is 4.98 Å². The van der Waals surface area contributed by atoms with Crippen molar-refractivity contribution >= 4 is 22.9 Å². The number of amides is 1. The van der Waals surface area contributed by atoms with Gasteiger partial charge in [-0.15, -0.1) is 11.3 Å². The Morgan fingerprint density at radius 3 is 2.71 bits per heavy atom. The lowest BCUT2D eigenvalue weighted by molar-refractivity contribution is 0.102. The van der Waals surface area contributed by atoms with Crippen LogP contribution in [0.2, 0.25) is 0 Å². The van der Waals surface area contributed by atoms with E-state index in [1.165, 1.54) is 11.3 Å². The summed E-state index contributed by atoms with van der Waals surface area (Å²) in [7, 11) is 0. The highest BCUT2D eigenvalue weighted by Crippen LogP contribution is 2.14. The topological polar surface area (TPSA) is 54.9 Å². The molecule has 0 atom stereocenters. The highest BCUT2D eigenvalue weighted by molar-refractivity contribution is 7.09. The average Bonchev–Trinajstić information content (AvgIpc) is 2.69. The molecule has 0 saturated heterocycles. The van der Waals surface area contributed by atoms with Crippen molar-refractivity contribution in [2.45, 2.75) is 6.92 Å². The second-order valence-corrected chi connectivity index (χ2v) is 4.24. The molecule has 4 nitrogen and oxygen atoms in total. The van der Waals surface area contributed by atoms with Gasteiger partial charge in [-0.3, -0.25) is 4.79 Å². The molecule has 0 fully saturated rings. The first-order valence-corrected chi connectivity index (χ1v) is 5.50. The average molecular weight is 255 g/mol. The summed E-state index contributed by atoms with van der Waals surface area (Å²) in [5, 5.41) is 4.55. The molecular weight excluding hydrogens is 248 g/mol. The first kappa shape index (κ1) is 11.6. The quantitative estimate of drug-likeness (QED) is 0.838. The van der Waals surface area contributed by atoms with Gasteiger partial charge in [0.2, 0.25) is 11.9 Å². The molecule has 0 saturated carbocycles. The van der Waals surface area contributed by atoms with E-state index < -0.39 is 17.8 Å². The Labute approximate surface area is 99.3 Å². The van der Waals surface area contributed by atoms with E-state index >= 15 is 0 Å². The van der Waals surface area contributed by atoms with Crippen molar-refractivity contribution in [3.63, 3.8) is 0 Å². The number of carbonyl (C=O) groups is 1. The number of anilines is 1. The van der Waals surface area contributed by atoms with Crippen LogP contribution in [-0.4, -0.2) is 15.9 Å². The number of hydrogen-bond acceptors (Lipinski definition) is 4. The summed E-state index contributed by atoms with van der Waals surface area (Å²) >= 11 is 1.31. The van der Waals surface area contributed by atoms with Crippen molar-refractivity contribution in [2.24, 2.45) is 0 Å². The number of halogens is 2. The first-order chi connectivity index (χ1) is 8.06. The number of nitrogens with one attached hydrogen (secondary N) is 1. The standard InChI is InChI=1S/C10H7F2N3OS/c1-5-13-7(4-17-5)10(16)14-6-2-3-8(11)15-9(6)12/h2-4H,1H3,(H,14,16). The van der Waals surface area contributed by atoms with Crippen molar-refractivity contribution in [3.05, 3.63) is 40.1 Å². The molecule has 0 radical (unpaired) electrons. The minimum absolute atomic E-state index is 0.179. The van der Waals surface area contributed by atoms with E-state index in [9.17, 15) is 13.6 Å². The molecule has 1 amide bonds. The number of pyridine rings is 1. The van der Waals surface area contributed by atoms with Gasteiger partial charge in [-0.05, 0) is 19.1 Å². The number of carbonyl (C=O) groups excluding carboxylic acids is 1. The van der Waals surface area contributed by atoms with E-state index in [1.807, 2.05) is 0 Å². The lowest BCUT2D eigenvalue weighted by atomic mass is 10.3. The zero-order valence-corrected chi connectivity index (χ0v) is 9.52. The molecule has 7 heteroatoms. The van der Waals surface area contributed by atoms with Crippen LogP contribution in [-0.2, 0) is 0 Å². The molecule has 2 aromatic rings. The molecule has 0 unspecified atom stereocenters. The molecule has 0 aromatic carbocycles. The zero-order valence-electron chi connectivity index (χ0n) is 8.70. The van der Waals surface area contributed by atoms with Crippen LogP contribution in [0.5, 0.6) is 0 Å². The maximum atomic E-state index is 13.1. The minimum Gasteiger partial charge on any atom is -0.317 e. The molecule has 0 bridgehead atoms. The molecule has 17 heavy (non-hydrogen) atoms. The van der Waals surface area contributed by atoms with Crippen LogP contribution < -0.4 is 5.32 Å². The highest BCUT2D eigenvalue weighted by Gasteiger charge is 2.13. The molecule has 0 aliphatic carbocycles. The van der Waals surface area contributed by atoms with Crippen LogP contribution in [0.1, 0.15) is 15.5 Å². The van der Waals surface area contributed by atoms with Gasteiger partial charge in [0.1, 0.15) is 5.69 Å². The van der Waals surface area contributed by atoms with Crippen LogP contribution in [0.4, 0.5) is 14.5 Å². The molecule has 0 aliphatic heterocycles. The first-order valence-electron chi connectivity index (χ1n) is 4.62. The van der Waals surface area contributed by atoms with Crippen molar-refractivity contribution in [1.29, 1.82) is 0 Å². The third-order valence-electron chi connectivity index (χ3n) is 1.91. The highest BCUT2D eigenvalue weighted by atomic mass is 32.1. The fourth-order valence-electron chi connectivity index (χ4n) is 1.16. The van der Waals surface area contributed by atoms with Gasteiger partial charge in [-0.2, -0.15) is 13.8 Å². The number of aryl methyl sites for hydroxylation is 1. The Morgan fingerprint density at radius 1 is 1.35 bits per heavy atom. The van der Waals surface area contributed by atoms with Crippen LogP contribution in [0.25, 0.3) is 0 Å². The maximum absolute atomic E-state index is 13.1. The van der Waals surface area contributed by atoms with Gasteiger partial charge in [0.15, 0.2) is 0 Å². The zero-order chi connectivity index (χ0) is 12.4. The van der Waals surface area contributed by atoms with Gasteiger partial charge in [0, 0.05) is 5.38 Å². The fraction of sp³-hybridized carbons (Fsp3) is 0.100. The third-order valence-corrected chi connectivity index (χ3v) is 2.69. The lowest BCUT2D eigenvalue weighted by Crippen LogP contribution is -2.14. The Kier molecular flexibility index (Phi) is 3.10.